The third-order valence-electron chi connectivity index (χ3n) is 2.64. The summed E-state index contributed by atoms with van der Waals surface area (Å²) in [5.74, 6) is 3.32. The van der Waals surface area contributed by atoms with Crippen LogP contribution in [0.2, 0.25) is 0 Å². The smallest absolute Gasteiger partial charge is 0.0419 e. The maximum absolute atomic E-state index is 5.52. The Bertz CT molecular complexity index is 295. The number of pyridine rings is 1. The summed E-state index contributed by atoms with van der Waals surface area (Å²) >= 11 is 2.05. The number of nitrogens with two attached hydrogens (primary N) is 1. The van der Waals surface area contributed by atoms with Crippen LogP contribution in [0.4, 0.5) is 0 Å². The highest BCUT2D eigenvalue weighted by atomic mass is 32.2. The van der Waals surface area contributed by atoms with Gasteiger partial charge >= 0.3 is 0 Å². The normalized spacial score (nSPS) is 21.4. The second-order valence-electron chi connectivity index (χ2n) is 3.68. The molecule has 1 saturated heterocycles. The number of thioether (sulfide) groups is 1. The van der Waals surface area contributed by atoms with Crippen molar-refractivity contribution in [2.75, 3.05) is 18.1 Å². The van der Waals surface area contributed by atoms with E-state index >= 15 is 0 Å². The molecule has 1 fully saturated rings. The summed E-state index contributed by atoms with van der Waals surface area (Å²) in [6.45, 7) is 0.690. The van der Waals surface area contributed by atoms with E-state index in [2.05, 4.69) is 28.9 Å². The van der Waals surface area contributed by atoms with Crippen LogP contribution in [0.1, 0.15) is 23.6 Å². The lowest BCUT2D eigenvalue weighted by molar-refractivity contribution is 0.774. The molecule has 0 aromatic carbocycles. The van der Waals surface area contributed by atoms with Gasteiger partial charge in [-0.3, -0.25) is 4.98 Å². The van der Waals surface area contributed by atoms with E-state index in [1.54, 1.807) is 0 Å². The Labute approximate surface area is 89.3 Å². The number of nitrogens with zero attached hydrogens (tertiary/aromatic N) is 1. The van der Waals surface area contributed by atoms with Gasteiger partial charge in [-0.05, 0) is 42.3 Å². The summed E-state index contributed by atoms with van der Waals surface area (Å²) in [5, 5.41) is 0. The topological polar surface area (TPSA) is 38.9 Å². The van der Waals surface area contributed by atoms with Crippen molar-refractivity contribution < 1.29 is 0 Å². The van der Waals surface area contributed by atoms with Crippen molar-refractivity contribution in [2.45, 2.75) is 18.8 Å². The first kappa shape index (κ1) is 9.99. The zero-order valence-corrected chi connectivity index (χ0v) is 9.09. The maximum Gasteiger partial charge on any atom is 0.0419 e. The van der Waals surface area contributed by atoms with Crippen LogP contribution in [-0.4, -0.2) is 23.0 Å². The molecule has 2 nitrogen and oxygen atoms in total. The Balaban J connectivity index is 2.12. The zero-order chi connectivity index (χ0) is 9.80. The lowest BCUT2D eigenvalue weighted by Gasteiger charge is -2.09. The third-order valence-corrected chi connectivity index (χ3v) is 3.80. The average molecular weight is 208 g/mol. The molecule has 1 aliphatic heterocycles. The molecule has 3 heteroatoms. The molecule has 0 radical (unpaired) electrons. The van der Waals surface area contributed by atoms with Crippen LogP contribution in [0.25, 0.3) is 0 Å². The second-order valence-corrected chi connectivity index (χ2v) is 4.83. The van der Waals surface area contributed by atoms with E-state index in [4.69, 9.17) is 5.73 Å². The van der Waals surface area contributed by atoms with Gasteiger partial charge in [-0.25, -0.2) is 0 Å². The fourth-order valence-electron chi connectivity index (χ4n) is 1.83. The highest BCUT2D eigenvalue weighted by Gasteiger charge is 2.17. The quantitative estimate of drug-likeness (QED) is 0.823. The predicted molar refractivity (Wildman–Crippen MR) is 61.7 cm³/mol. The number of rotatable bonds is 3. The van der Waals surface area contributed by atoms with Gasteiger partial charge in [0.15, 0.2) is 0 Å². The van der Waals surface area contributed by atoms with Gasteiger partial charge in [0, 0.05) is 24.1 Å². The highest BCUT2D eigenvalue weighted by molar-refractivity contribution is 7.99. The predicted octanol–water partition coefficient (Wildman–Crippen LogP) is 1.80. The molecule has 2 heterocycles. The van der Waals surface area contributed by atoms with E-state index in [0.29, 0.717) is 6.54 Å². The number of hydrogen-bond acceptors (Lipinski definition) is 3. The lowest BCUT2D eigenvalue weighted by atomic mass is 9.99. The molecule has 1 aromatic rings. The van der Waals surface area contributed by atoms with E-state index in [1.165, 1.54) is 23.5 Å². The van der Waals surface area contributed by atoms with Crippen LogP contribution in [0.3, 0.4) is 0 Å². The van der Waals surface area contributed by atoms with Crippen LogP contribution in [0.5, 0.6) is 0 Å². The van der Waals surface area contributed by atoms with E-state index < -0.39 is 0 Å². The van der Waals surface area contributed by atoms with Gasteiger partial charge in [-0.1, -0.05) is 0 Å². The minimum atomic E-state index is 0.690. The zero-order valence-electron chi connectivity index (χ0n) is 8.28. The van der Waals surface area contributed by atoms with Crippen LogP contribution < -0.4 is 5.73 Å². The molecule has 0 aliphatic carbocycles. The van der Waals surface area contributed by atoms with Crippen molar-refractivity contribution in [1.29, 1.82) is 0 Å². The molecule has 14 heavy (non-hydrogen) atoms. The van der Waals surface area contributed by atoms with Crippen molar-refractivity contribution in [3.8, 4) is 0 Å². The molecule has 1 aliphatic rings. The maximum atomic E-state index is 5.52. The molecule has 1 atom stereocenters. The number of hydrogen-bond donors (Lipinski definition) is 1. The van der Waals surface area contributed by atoms with Crippen molar-refractivity contribution in [2.24, 2.45) is 5.73 Å². The third kappa shape index (κ3) is 2.28. The SMILES string of the molecule is NCCc1cc(C2CCSC2)ccn1. The first-order valence-electron chi connectivity index (χ1n) is 5.13. The Hall–Kier alpha value is -0.540. The van der Waals surface area contributed by atoms with Crippen LogP contribution in [0.15, 0.2) is 18.3 Å². The lowest BCUT2D eigenvalue weighted by Crippen LogP contribution is -2.05. The van der Waals surface area contributed by atoms with Crippen LogP contribution >= 0.6 is 11.8 Å². The molecule has 2 N–H and O–H groups in total. The molecule has 1 aromatic heterocycles. The molecule has 1 unspecified atom stereocenters. The summed E-state index contributed by atoms with van der Waals surface area (Å²) in [6, 6.07) is 4.37. The fraction of sp³-hybridized carbons (Fsp3) is 0.545. The largest absolute Gasteiger partial charge is 0.330 e. The molecule has 0 bridgehead atoms. The first-order valence-corrected chi connectivity index (χ1v) is 6.28. The molecule has 76 valence electrons. The average Bonchev–Trinajstić information content (AvgIpc) is 2.71. The van der Waals surface area contributed by atoms with Gasteiger partial charge in [0.2, 0.25) is 0 Å². The van der Waals surface area contributed by atoms with Gasteiger partial charge in [0.1, 0.15) is 0 Å². The Morgan fingerprint density at radius 1 is 1.57 bits per heavy atom. The van der Waals surface area contributed by atoms with Gasteiger partial charge in [0.05, 0.1) is 0 Å². The highest BCUT2D eigenvalue weighted by Crippen LogP contribution is 2.32. The van der Waals surface area contributed by atoms with Crippen molar-refractivity contribution in [3.05, 3.63) is 29.6 Å². The van der Waals surface area contributed by atoms with Gasteiger partial charge in [0.25, 0.3) is 0 Å². The number of aromatic nitrogens is 1. The molecular weight excluding hydrogens is 192 g/mol. The molecule has 0 amide bonds. The minimum Gasteiger partial charge on any atom is -0.330 e. The Kier molecular flexibility index (Phi) is 3.43. The summed E-state index contributed by atoms with van der Waals surface area (Å²) < 4.78 is 0. The van der Waals surface area contributed by atoms with E-state index in [9.17, 15) is 0 Å². The summed E-state index contributed by atoms with van der Waals surface area (Å²) in [6.07, 6.45) is 4.13. The van der Waals surface area contributed by atoms with Gasteiger partial charge in [-0.15, -0.1) is 0 Å². The molecule has 0 saturated carbocycles. The standard InChI is InChI=1S/C11H16N2S/c12-4-1-11-7-9(2-5-13-11)10-3-6-14-8-10/h2,5,7,10H,1,3-4,6,8,12H2. The fourth-order valence-corrected chi connectivity index (χ4v) is 3.09. The summed E-state index contributed by atoms with van der Waals surface area (Å²) in [4.78, 5) is 4.31. The van der Waals surface area contributed by atoms with Crippen LogP contribution in [-0.2, 0) is 6.42 Å². The van der Waals surface area contributed by atoms with E-state index in [0.717, 1.165) is 18.0 Å². The second kappa shape index (κ2) is 4.80. The van der Waals surface area contributed by atoms with Crippen LogP contribution in [0, 0.1) is 0 Å². The van der Waals surface area contributed by atoms with Crippen molar-refractivity contribution in [1.82, 2.24) is 4.98 Å². The Morgan fingerprint density at radius 2 is 2.50 bits per heavy atom. The monoisotopic (exact) mass is 208 g/mol. The minimum absolute atomic E-state index is 0.690. The first-order chi connectivity index (χ1) is 6.90. The molecule has 0 spiro atoms. The summed E-state index contributed by atoms with van der Waals surface area (Å²) in [5.41, 5.74) is 8.11. The molecular formula is C11H16N2S. The van der Waals surface area contributed by atoms with Crippen molar-refractivity contribution >= 4 is 11.8 Å². The van der Waals surface area contributed by atoms with Gasteiger partial charge in [-0.2, -0.15) is 11.8 Å². The molecule has 2 rings (SSSR count). The Morgan fingerprint density at radius 3 is 3.21 bits per heavy atom. The van der Waals surface area contributed by atoms with Crippen molar-refractivity contribution in [3.63, 3.8) is 0 Å². The van der Waals surface area contributed by atoms with E-state index in [-0.39, 0.29) is 0 Å². The summed E-state index contributed by atoms with van der Waals surface area (Å²) in [7, 11) is 0. The van der Waals surface area contributed by atoms with Gasteiger partial charge < -0.3 is 5.73 Å². The van der Waals surface area contributed by atoms with E-state index in [1.807, 2.05) is 6.20 Å².